The quantitative estimate of drug-likeness (QED) is 0.222. The van der Waals surface area contributed by atoms with Crippen LogP contribution in [0.4, 0.5) is 16.2 Å². The zero-order valence-corrected chi connectivity index (χ0v) is 26.8. The molecule has 3 heterocycles. The van der Waals surface area contributed by atoms with Crippen molar-refractivity contribution in [2.24, 2.45) is 0 Å². The van der Waals surface area contributed by atoms with Gasteiger partial charge in [0, 0.05) is 53.1 Å². The molecule has 0 atom stereocenters. The molecule has 13 heteroatoms. The Hall–Kier alpha value is -3.61. The fourth-order valence-corrected chi connectivity index (χ4v) is 7.30. The second-order valence-electron chi connectivity index (χ2n) is 11.5. The minimum Gasteiger partial charge on any atom is -0.351 e. The molecule has 234 valence electrons. The summed E-state index contributed by atoms with van der Waals surface area (Å²) in [7, 11) is -1.99. The molecule has 5 rings (SSSR count). The van der Waals surface area contributed by atoms with E-state index in [1.807, 2.05) is 20.9 Å². The van der Waals surface area contributed by atoms with E-state index < -0.39 is 10.0 Å². The van der Waals surface area contributed by atoms with Gasteiger partial charge in [-0.1, -0.05) is 23.7 Å². The predicted octanol–water partition coefficient (Wildman–Crippen LogP) is 5.82. The molecule has 2 N–H and O–H groups in total. The van der Waals surface area contributed by atoms with Gasteiger partial charge in [0.15, 0.2) is 0 Å². The number of aromatic nitrogens is 4. The second-order valence-corrected chi connectivity index (χ2v) is 13.5. The van der Waals surface area contributed by atoms with E-state index in [2.05, 4.69) is 24.9 Å². The molecule has 1 aliphatic carbocycles. The van der Waals surface area contributed by atoms with Crippen LogP contribution in [0.1, 0.15) is 51.3 Å². The molecule has 3 aromatic heterocycles. The maximum Gasteiger partial charge on any atom is 0.264 e. The van der Waals surface area contributed by atoms with E-state index in [4.69, 9.17) is 16.6 Å². The number of rotatable bonds is 10. The van der Waals surface area contributed by atoms with E-state index in [0.29, 0.717) is 46.4 Å². The van der Waals surface area contributed by atoms with Gasteiger partial charge in [-0.05, 0) is 83.8 Å². The molecule has 0 spiro atoms. The summed E-state index contributed by atoms with van der Waals surface area (Å²) in [6, 6.07) is 11.5. The normalized spacial score (nSPS) is 17.4. The lowest BCUT2D eigenvalue weighted by atomic mass is 9.90. The van der Waals surface area contributed by atoms with Crippen LogP contribution in [-0.4, -0.2) is 65.2 Å². The monoisotopic (exact) mass is 641 g/mol. The zero-order valence-electron chi connectivity index (χ0n) is 25.2. The number of hydrogen-bond donors (Lipinski definition) is 2. The first-order valence-electron chi connectivity index (χ1n) is 14.7. The Morgan fingerprint density at radius 2 is 1.82 bits per heavy atom. The topological polar surface area (TPSA) is 122 Å². The lowest BCUT2D eigenvalue weighted by Gasteiger charge is -2.34. The summed E-state index contributed by atoms with van der Waals surface area (Å²) in [5, 5.41) is 4.24. The van der Waals surface area contributed by atoms with Crippen LogP contribution in [0.3, 0.4) is 0 Å². The van der Waals surface area contributed by atoms with Crippen molar-refractivity contribution in [1.82, 2.24) is 24.4 Å². The number of nitrogens with zero attached hydrogens (tertiary/aromatic N) is 5. The van der Waals surface area contributed by atoms with Crippen LogP contribution in [0.15, 0.2) is 58.4 Å². The van der Waals surface area contributed by atoms with Gasteiger partial charge >= 0.3 is 0 Å². The van der Waals surface area contributed by atoms with Crippen molar-refractivity contribution < 1.29 is 12.8 Å². The van der Waals surface area contributed by atoms with Crippen LogP contribution in [0.2, 0.25) is 5.02 Å². The number of benzene rings is 1. The van der Waals surface area contributed by atoms with Gasteiger partial charge in [0.1, 0.15) is 23.0 Å². The molecule has 4 aromatic rings. The number of aryl methyl sites for hydroxylation is 1. The Morgan fingerprint density at radius 3 is 2.48 bits per heavy atom. The zero-order chi connectivity index (χ0) is 31.6. The highest BCUT2D eigenvalue weighted by molar-refractivity contribution is 7.92. The smallest absolute Gasteiger partial charge is 0.264 e. The molecule has 1 aliphatic rings. The minimum atomic E-state index is -3.97. The summed E-state index contributed by atoms with van der Waals surface area (Å²) in [5.74, 6) is 0.575. The average Bonchev–Trinajstić information content (AvgIpc) is 2.97. The molecule has 1 saturated carbocycles. The second kappa shape index (κ2) is 13.2. The summed E-state index contributed by atoms with van der Waals surface area (Å²) >= 11 is 6.10. The molecule has 1 aromatic carbocycles. The Morgan fingerprint density at radius 1 is 1.09 bits per heavy atom. The van der Waals surface area contributed by atoms with Crippen LogP contribution >= 0.6 is 11.6 Å². The number of nitrogens with one attached hydrogen (secondary N) is 2. The largest absolute Gasteiger partial charge is 0.351 e. The summed E-state index contributed by atoms with van der Waals surface area (Å²) in [5.41, 5.74) is 1.75. The van der Waals surface area contributed by atoms with E-state index in [0.717, 1.165) is 25.7 Å². The maximum absolute atomic E-state index is 13.9. The van der Waals surface area contributed by atoms with Gasteiger partial charge in [0.25, 0.3) is 15.6 Å². The van der Waals surface area contributed by atoms with Crippen molar-refractivity contribution in [3.05, 3.63) is 69.7 Å². The van der Waals surface area contributed by atoms with E-state index >= 15 is 0 Å². The number of anilines is 2. The van der Waals surface area contributed by atoms with Crippen LogP contribution in [0.5, 0.6) is 0 Å². The van der Waals surface area contributed by atoms with Crippen LogP contribution in [0, 0.1) is 6.92 Å². The average molecular weight is 642 g/mol. The maximum atomic E-state index is 13.9. The van der Waals surface area contributed by atoms with Crippen molar-refractivity contribution in [3.63, 3.8) is 0 Å². The van der Waals surface area contributed by atoms with Gasteiger partial charge in [-0.25, -0.2) is 22.8 Å². The highest BCUT2D eigenvalue weighted by Gasteiger charge is 2.25. The van der Waals surface area contributed by atoms with Gasteiger partial charge in [-0.15, -0.1) is 0 Å². The number of halogens is 2. The highest BCUT2D eigenvalue weighted by atomic mass is 35.5. The van der Waals surface area contributed by atoms with Crippen molar-refractivity contribution in [1.29, 1.82) is 0 Å². The minimum absolute atomic E-state index is 0.0534. The van der Waals surface area contributed by atoms with Crippen LogP contribution in [0.25, 0.3) is 22.2 Å². The summed E-state index contributed by atoms with van der Waals surface area (Å²) in [4.78, 5) is 29.7. The third-order valence-corrected chi connectivity index (χ3v) is 9.98. The summed E-state index contributed by atoms with van der Waals surface area (Å²) in [6.07, 6.45) is 5.50. The molecule has 0 amide bonds. The lowest BCUT2D eigenvalue weighted by molar-refractivity contribution is 0.174. The Balaban J connectivity index is 1.41. The van der Waals surface area contributed by atoms with Crippen LogP contribution < -0.4 is 15.6 Å². The molecule has 0 saturated heterocycles. The Bertz CT molecular complexity index is 1830. The fraction of sp³-hybridized carbons (Fsp3) is 0.419. The van der Waals surface area contributed by atoms with Gasteiger partial charge < -0.3 is 10.2 Å². The summed E-state index contributed by atoms with van der Waals surface area (Å²) < 4.78 is 42.7. The molecule has 0 unspecified atom stereocenters. The van der Waals surface area contributed by atoms with Gasteiger partial charge in [0.2, 0.25) is 5.95 Å². The predicted molar refractivity (Wildman–Crippen MR) is 173 cm³/mol. The summed E-state index contributed by atoms with van der Waals surface area (Å²) in [6.45, 7) is 5.68. The molecule has 0 aliphatic heterocycles. The van der Waals surface area contributed by atoms with E-state index in [1.54, 1.807) is 42.0 Å². The number of pyridine rings is 2. The molecular formula is C31H37ClFN7O3S. The number of alkyl halides is 1. The molecule has 44 heavy (non-hydrogen) atoms. The fourth-order valence-electron chi connectivity index (χ4n) is 5.78. The van der Waals surface area contributed by atoms with E-state index in [-0.39, 0.29) is 40.1 Å². The number of hydrogen-bond acceptors (Lipinski definition) is 8. The van der Waals surface area contributed by atoms with E-state index in [9.17, 15) is 17.6 Å². The molecule has 0 radical (unpaired) electrons. The lowest BCUT2D eigenvalue weighted by Crippen LogP contribution is -2.39. The first-order chi connectivity index (χ1) is 21.0. The highest BCUT2D eigenvalue weighted by Crippen LogP contribution is 2.29. The Labute approximate surface area is 261 Å². The first kappa shape index (κ1) is 31.8. The Kier molecular flexibility index (Phi) is 9.52. The van der Waals surface area contributed by atoms with Crippen molar-refractivity contribution in [3.8, 4) is 11.1 Å². The number of sulfonamides is 1. The van der Waals surface area contributed by atoms with Crippen molar-refractivity contribution in [2.45, 2.75) is 69.5 Å². The van der Waals surface area contributed by atoms with E-state index in [1.165, 1.54) is 18.2 Å². The van der Waals surface area contributed by atoms with Crippen molar-refractivity contribution in [2.75, 3.05) is 30.3 Å². The molecule has 0 bridgehead atoms. The van der Waals surface area contributed by atoms with Gasteiger partial charge in [-0.3, -0.25) is 14.1 Å². The van der Waals surface area contributed by atoms with Gasteiger partial charge in [-0.2, -0.15) is 4.98 Å². The molecular weight excluding hydrogens is 605 g/mol. The third kappa shape index (κ3) is 6.72. The van der Waals surface area contributed by atoms with Gasteiger partial charge in [0.05, 0.1) is 5.02 Å². The molecule has 10 nitrogen and oxygen atoms in total. The SMILES string of the molecule is Cc1nc(NS(=O)(=O)c2ccccc2Cl)ccc1-c1cc2cnc(N[C@H]3CC[C@H](N(C)CCF)CC3)nc2n(C(C)C)c1=O. The van der Waals surface area contributed by atoms with Crippen LogP contribution in [-0.2, 0) is 10.0 Å². The number of fused-ring (bicyclic) bond motifs is 1. The first-order valence-corrected chi connectivity index (χ1v) is 16.5. The molecule has 1 fully saturated rings. The standard InChI is InChI=1S/C31H37ClFN7O3S/c1-19(2)40-29-21(18-34-31(37-29)36-22-9-11-23(12-10-22)39(4)16-15-33)17-25(30(40)41)24-13-14-28(35-20(24)3)38-44(42,43)27-8-6-5-7-26(27)32/h5-8,13-14,17-19,22-23H,9-12,15-16H2,1-4H3,(H,35,38)(H,34,36,37)/t22-,23-. The third-order valence-electron chi connectivity index (χ3n) is 8.12. The van der Waals surface area contributed by atoms with Crippen molar-refractivity contribution >= 4 is 44.4 Å².